The maximum Gasteiger partial charge on any atom is 0.108 e. The number of alkyl halides is 6. The van der Waals surface area contributed by atoms with Gasteiger partial charge in [-0.2, -0.15) is 0 Å². The third kappa shape index (κ3) is 7.57. The van der Waals surface area contributed by atoms with Gasteiger partial charge in [0, 0.05) is 10.0 Å². The fraction of sp³-hybridized carbons (Fsp3) is 1.00. The molecule has 0 bridgehead atoms. The number of hydrogen-bond donors (Lipinski definition) is 0. The van der Waals surface area contributed by atoms with Crippen molar-refractivity contribution in [3.8, 4) is 0 Å². The lowest BCUT2D eigenvalue weighted by molar-refractivity contribution is 1.24. The molecule has 0 heterocycles. The quantitative estimate of drug-likeness (QED) is 0.539. The SMILES string of the molecule is ClC(Cl)[Si]C(Cl)C(Cl)[Si]C(Cl)Cl. The normalized spacial score (nSPS) is 17.0. The van der Waals surface area contributed by atoms with Crippen molar-refractivity contribution >= 4 is 88.6 Å². The third-order valence-electron chi connectivity index (χ3n) is 0.827. The molecule has 0 saturated heterocycles. The standard InChI is InChI=1S/C4H4Cl6Si2/c5-1(11-3(7)8)2(6)12-4(9)10/h1-4H. The molecule has 8 heteroatoms. The lowest BCUT2D eigenvalue weighted by atomic mass is 10.9. The average molecular weight is 321 g/mol. The van der Waals surface area contributed by atoms with Gasteiger partial charge in [0.2, 0.25) is 0 Å². The van der Waals surface area contributed by atoms with Crippen molar-refractivity contribution in [2.45, 2.75) is 18.9 Å². The Morgan fingerprint density at radius 2 is 0.833 bits per heavy atom. The summed E-state index contributed by atoms with van der Waals surface area (Å²) in [6.45, 7) is 0. The second-order valence-electron chi connectivity index (χ2n) is 1.74. The molecule has 0 amide bonds. The monoisotopic (exact) mass is 318 g/mol. The first-order valence-electron chi connectivity index (χ1n) is 2.80. The van der Waals surface area contributed by atoms with E-state index in [-0.39, 0.29) is 29.0 Å². The summed E-state index contributed by atoms with van der Waals surface area (Å²) in [6.07, 6.45) is 0. The molecule has 12 heavy (non-hydrogen) atoms. The molecule has 2 atom stereocenters. The van der Waals surface area contributed by atoms with Gasteiger partial charge in [0.1, 0.15) is 19.0 Å². The van der Waals surface area contributed by atoms with Gasteiger partial charge in [0.25, 0.3) is 0 Å². The molecular formula is C4H4Cl6Si2. The smallest absolute Gasteiger partial charge is 0.108 e. The van der Waals surface area contributed by atoms with Crippen molar-refractivity contribution in [3.63, 3.8) is 0 Å². The highest BCUT2D eigenvalue weighted by molar-refractivity contribution is 6.79. The van der Waals surface area contributed by atoms with E-state index in [9.17, 15) is 0 Å². The molecule has 2 unspecified atom stereocenters. The van der Waals surface area contributed by atoms with Gasteiger partial charge in [-0.05, 0) is 0 Å². The molecule has 0 spiro atoms. The van der Waals surface area contributed by atoms with Crippen molar-refractivity contribution < 1.29 is 0 Å². The minimum atomic E-state index is -0.470. The minimum absolute atomic E-state index is 0.196. The number of halogens is 6. The molecule has 0 saturated carbocycles. The first-order valence-corrected chi connectivity index (χ1v) is 7.73. The summed E-state index contributed by atoms with van der Waals surface area (Å²) >= 11 is 33.8. The summed E-state index contributed by atoms with van der Waals surface area (Å²) < 4.78 is -0.940. The Bertz CT molecular complexity index is 106. The minimum Gasteiger partial charge on any atom is -0.126 e. The molecule has 0 aliphatic rings. The lowest BCUT2D eigenvalue weighted by Gasteiger charge is -2.14. The van der Waals surface area contributed by atoms with E-state index in [1.165, 1.54) is 0 Å². The second-order valence-corrected chi connectivity index (χ2v) is 10.1. The predicted molar refractivity (Wildman–Crippen MR) is 61.8 cm³/mol. The largest absolute Gasteiger partial charge is 0.126 e. The maximum absolute atomic E-state index is 5.87. The van der Waals surface area contributed by atoms with Crippen LogP contribution < -0.4 is 0 Å². The summed E-state index contributed by atoms with van der Waals surface area (Å²) in [4.78, 5) is 0. The van der Waals surface area contributed by atoms with Gasteiger partial charge < -0.3 is 0 Å². The number of hydrogen-bond acceptors (Lipinski definition) is 0. The fourth-order valence-corrected chi connectivity index (χ4v) is 5.40. The van der Waals surface area contributed by atoms with Crippen molar-refractivity contribution in [2.24, 2.45) is 0 Å². The summed E-state index contributed by atoms with van der Waals surface area (Å²) in [5, 5.41) is -0.519. The van der Waals surface area contributed by atoms with Crippen LogP contribution in [0.5, 0.6) is 0 Å². The third-order valence-corrected chi connectivity index (χ3v) is 6.29. The van der Waals surface area contributed by atoms with Gasteiger partial charge in [0.05, 0.1) is 8.92 Å². The summed E-state index contributed by atoms with van der Waals surface area (Å²) in [5.74, 6) is 0. The van der Waals surface area contributed by atoms with Gasteiger partial charge in [0.15, 0.2) is 0 Å². The van der Waals surface area contributed by atoms with Crippen molar-refractivity contribution in [1.29, 1.82) is 0 Å². The first kappa shape index (κ1) is 14.2. The Hall–Kier alpha value is 2.17. The van der Waals surface area contributed by atoms with Crippen LogP contribution in [-0.4, -0.2) is 38.0 Å². The molecule has 0 aliphatic carbocycles. The van der Waals surface area contributed by atoms with Crippen LogP contribution in [0.15, 0.2) is 0 Å². The van der Waals surface area contributed by atoms with Crippen LogP contribution in [-0.2, 0) is 0 Å². The first-order chi connectivity index (χ1) is 5.43. The van der Waals surface area contributed by atoms with Gasteiger partial charge in [-0.1, -0.05) is 0 Å². The van der Waals surface area contributed by atoms with Gasteiger partial charge in [-0.15, -0.1) is 69.6 Å². The van der Waals surface area contributed by atoms with Crippen LogP contribution in [0.2, 0.25) is 0 Å². The highest BCUT2D eigenvalue weighted by atomic mass is 35.5. The van der Waals surface area contributed by atoms with E-state index in [0.717, 1.165) is 0 Å². The zero-order valence-corrected chi connectivity index (χ0v) is 12.1. The van der Waals surface area contributed by atoms with Crippen molar-refractivity contribution in [3.05, 3.63) is 0 Å². The highest BCUT2D eigenvalue weighted by Crippen LogP contribution is 2.15. The predicted octanol–water partition coefficient (Wildman–Crippen LogP) is 3.05. The van der Waals surface area contributed by atoms with Gasteiger partial charge in [-0.3, -0.25) is 0 Å². The molecule has 0 aliphatic heterocycles. The molecular weight excluding hydrogens is 317 g/mol. The fourth-order valence-electron chi connectivity index (χ4n) is 0.410. The average Bonchev–Trinajstić information content (AvgIpc) is 1.84. The van der Waals surface area contributed by atoms with Crippen LogP contribution in [0.25, 0.3) is 0 Å². The maximum atomic E-state index is 5.87. The molecule has 0 rings (SSSR count). The zero-order chi connectivity index (χ0) is 9.72. The Balaban J connectivity index is 3.68. The second kappa shape index (κ2) is 7.46. The molecule has 0 nitrogen and oxygen atoms in total. The topological polar surface area (TPSA) is 0 Å². The van der Waals surface area contributed by atoms with Gasteiger partial charge in [-0.25, -0.2) is 0 Å². The van der Waals surface area contributed by atoms with Crippen LogP contribution in [0, 0.1) is 0 Å². The lowest BCUT2D eigenvalue weighted by Crippen LogP contribution is -2.33. The highest BCUT2D eigenvalue weighted by Gasteiger charge is 2.23. The Morgan fingerprint density at radius 1 is 0.583 bits per heavy atom. The van der Waals surface area contributed by atoms with Crippen molar-refractivity contribution in [2.75, 3.05) is 0 Å². The molecule has 0 aromatic heterocycles. The van der Waals surface area contributed by atoms with Gasteiger partial charge >= 0.3 is 0 Å². The summed E-state index contributed by atoms with van der Waals surface area (Å²) in [7, 11) is 0.393. The van der Waals surface area contributed by atoms with E-state index in [4.69, 9.17) is 69.6 Å². The van der Waals surface area contributed by atoms with Crippen molar-refractivity contribution in [1.82, 2.24) is 0 Å². The molecule has 4 radical (unpaired) electrons. The van der Waals surface area contributed by atoms with E-state index in [0.29, 0.717) is 0 Å². The molecule has 0 N–H and O–H groups in total. The van der Waals surface area contributed by atoms with E-state index in [1.54, 1.807) is 0 Å². The van der Waals surface area contributed by atoms with E-state index in [2.05, 4.69) is 0 Å². The Labute approximate surface area is 107 Å². The van der Waals surface area contributed by atoms with E-state index >= 15 is 0 Å². The zero-order valence-electron chi connectivity index (χ0n) is 5.58. The molecule has 0 fully saturated rings. The van der Waals surface area contributed by atoms with E-state index in [1.807, 2.05) is 0 Å². The Morgan fingerprint density at radius 3 is 1.00 bits per heavy atom. The Kier molecular flexibility index (Phi) is 8.82. The summed E-state index contributed by atoms with van der Waals surface area (Å²) in [5.41, 5.74) is 0. The number of rotatable bonds is 5. The molecule has 70 valence electrons. The van der Waals surface area contributed by atoms with E-state index < -0.39 is 8.92 Å². The van der Waals surface area contributed by atoms with Crippen LogP contribution >= 0.6 is 69.6 Å². The van der Waals surface area contributed by atoms with Crippen LogP contribution in [0.4, 0.5) is 0 Å². The van der Waals surface area contributed by atoms with Crippen LogP contribution in [0.3, 0.4) is 0 Å². The molecule has 0 aromatic rings. The van der Waals surface area contributed by atoms with Crippen LogP contribution in [0.1, 0.15) is 0 Å². The summed E-state index contributed by atoms with van der Waals surface area (Å²) in [6, 6.07) is 0. The molecule has 0 aromatic carbocycles.